The molecule has 0 spiro atoms. The van der Waals surface area contributed by atoms with Gasteiger partial charge in [0.25, 0.3) is 5.91 Å². The maximum Gasteiger partial charge on any atom is 0.254 e. The van der Waals surface area contributed by atoms with E-state index in [1.165, 1.54) is 18.2 Å². The molecular formula is C25H20F2N4O2. The molecule has 1 aliphatic rings. The highest BCUT2D eigenvalue weighted by Crippen LogP contribution is 2.24. The van der Waals surface area contributed by atoms with Gasteiger partial charge in [0.15, 0.2) is 0 Å². The van der Waals surface area contributed by atoms with Crippen LogP contribution in [0, 0.1) is 11.6 Å². The van der Waals surface area contributed by atoms with Gasteiger partial charge >= 0.3 is 0 Å². The summed E-state index contributed by atoms with van der Waals surface area (Å²) in [4.78, 5) is 35.6. The van der Waals surface area contributed by atoms with Crippen molar-refractivity contribution in [2.24, 2.45) is 0 Å². The quantitative estimate of drug-likeness (QED) is 0.519. The number of pyridine rings is 2. The van der Waals surface area contributed by atoms with Crippen LogP contribution in [0.25, 0.3) is 22.0 Å². The highest BCUT2D eigenvalue weighted by Gasteiger charge is 2.23. The predicted molar refractivity (Wildman–Crippen MR) is 122 cm³/mol. The number of carbonyl (C=O) groups excluding carboxylic acids is 1. The molecule has 1 saturated heterocycles. The summed E-state index contributed by atoms with van der Waals surface area (Å²) in [6.07, 6.45) is 1.59. The van der Waals surface area contributed by atoms with Crippen molar-refractivity contribution in [1.29, 1.82) is 0 Å². The molecule has 166 valence electrons. The molecule has 1 fully saturated rings. The van der Waals surface area contributed by atoms with Crippen molar-refractivity contribution in [3.63, 3.8) is 0 Å². The Kier molecular flexibility index (Phi) is 5.34. The van der Waals surface area contributed by atoms with Crippen LogP contribution in [0.15, 0.2) is 71.7 Å². The zero-order valence-corrected chi connectivity index (χ0v) is 17.6. The van der Waals surface area contributed by atoms with E-state index in [9.17, 15) is 18.4 Å². The number of nitrogens with one attached hydrogen (secondary N) is 1. The highest BCUT2D eigenvalue weighted by molar-refractivity contribution is 5.97. The summed E-state index contributed by atoms with van der Waals surface area (Å²) in [5.74, 6) is -0.607. The lowest BCUT2D eigenvalue weighted by atomic mass is 10.1. The monoisotopic (exact) mass is 446 g/mol. The molecule has 3 heterocycles. The SMILES string of the molecule is O=C(c1ccc2ccc(=O)[nH]c2c1)N1CCN(c2ccc(-c3cc(F)cc(F)c3)cn2)CC1. The Labute approximate surface area is 188 Å². The van der Waals surface area contributed by atoms with Gasteiger partial charge in [0, 0.05) is 61.2 Å². The van der Waals surface area contributed by atoms with Crippen LogP contribution in [0.5, 0.6) is 0 Å². The number of nitrogens with zero attached hydrogens (tertiary/aromatic N) is 3. The van der Waals surface area contributed by atoms with E-state index in [2.05, 4.69) is 14.9 Å². The third-order valence-corrected chi connectivity index (χ3v) is 5.81. The van der Waals surface area contributed by atoms with Gasteiger partial charge in [-0.05, 0) is 53.4 Å². The highest BCUT2D eigenvalue weighted by atomic mass is 19.1. The van der Waals surface area contributed by atoms with Crippen LogP contribution in [-0.2, 0) is 0 Å². The summed E-state index contributed by atoms with van der Waals surface area (Å²) in [6.45, 7) is 2.27. The molecule has 0 unspecified atom stereocenters. The first-order valence-corrected chi connectivity index (χ1v) is 10.6. The van der Waals surface area contributed by atoms with E-state index in [1.54, 1.807) is 35.4 Å². The molecule has 0 saturated carbocycles. The van der Waals surface area contributed by atoms with Crippen LogP contribution >= 0.6 is 0 Å². The average molecular weight is 446 g/mol. The first-order valence-electron chi connectivity index (χ1n) is 10.6. The van der Waals surface area contributed by atoms with Crippen LogP contribution < -0.4 is 10.5 Å². The third-order valence-electron chi connectivity index (χ3n) is 5.81. The summed E-state index contributed by atoms with van der Waals surface area (Å²) >= 11 is 0. The van der Waals surface area contributed by atoms with Gasteiger partial charge in [-0.1, -0.05) is 6.07 Å². The number of hydrogen-bond acceptors (Lipinski definition) is 4. The van der Waals surface area contributed by atoms with Crippen molar-refractivity contribution in [3.8, 4) is 11.1 Å². The normalized spacial score (nSPS) is 14.0. The smallest absolute Gasteiger partial charge is 0.254 e. The number of rotatable bonds is 3. The van der Waals surface area contributed by atoms with Crippen molar-refractivity contribution >= 4 is 22.6 Å². The van der Waals surface area contributed by atoms with E-state index in [1.807, 2.05) is 12.1 Å². The molecule has 6 nitrogen and oxygen atoms in total. The number of aromatic amines is 1. The lowest BCUT2D eigenvalue weighted by molar-refractivity contribution is 0.0746. The third kappa shape index (κ3) is 4.32. The summed E-state index contributed by atoms with van der Waals surface area (Å²) in [6, 6.07) is 15.5. The molecule has 2 aromatic carbocycles. The number of anilines is 1. The number of amides is 1. The number of H-pyrrole nitrogens is 1. The van der Waals surface area contributed by atoms with Gasteiger partial charge in [-0.3, -0.25) is 9.59 Å². The number of carbonyl (C=O) groups is 1. The number of halogens is 2. The van der Waals surface area contributed by atoms with E-state index < -0.39 is 11.6 Å². The Morgan fingerprint density at radius 2 is 1.58 bits per heavy atom. The number of piperazine rings is 1. The Balaban J connectivity index is 1.26. The molecular weight excluding hydrogens is 426 g/mol. The van der Waals surface area contributed by atoms with Crippen molar-refractivity contribution in [2.45, 2.75) is 0 Å². The Bertz CT molecular complexity index is 1370. The van der Waals surface area contributed by atoms with E-state index >= 15 is 0 Å². The van der Waals surface area contributed by atoms with E-state index in [4.69, 9.17) is 0 Å². The van der Waals surface area contributed by atoms with E-state index in [0.29, 0.717) is 48.4 Å². The number of hydrogen-bond donors (Lipinski definition) is 1. The maximum atomic E-state index is 13.5. The molecule has 1 N–H and O–H groups in total. The molecule has 0 atom stereocenters. The van der Waals surface area contributed by atoms with Gasteiger partial charge in [-0.2, -0.15) is 0 Å². The first-order chi connectivity index (χ1) is 16.0. The molecule has 1 aliphatic heterocycles. The number of fused-ring (bicyclic) bond motifs is 1. The number of aromatic nitrogens is 2. The fraction of sp³-hybridized carbons (Fsp3) is 0.160. The minimum absolute atomic E-state index is 0.0855. The lowest BCUT2D eigenvalue weighted by Gasteiger charge is -2.35. The largest absolute Gasteiger partial charge is 0.353 e. The summed E-state index contributed by atoms with van der Waals surface area (Å²) in [5, 5.41) is 0.867. The Hall–Kier alpha value is -4.07. The maximum absolute atomic E-state index is 13.5. The fourth-order valence-corrected chi connectivity index (χ4v) is 4.07. The van der Waals surface area contributed by atoms with Gasteiger partial charge in [-0.25, -0.2) is 13.8 Å². The zero-order chi connectivity index (χ0) is 22.9. The van der Waals surface area contributed by atoms with Crippen LogP contribution in [0.2, 0.25) is 0 Å². The zero-order valence-electron chi connectivity index (χ0n) is 17.6. The van der Waals surface area contributed by atoms with E-state index in [-0.39, 0.29) is 11.5 Å². The Morgan fingerprint density at radius 3 is 2.27 bits per heavy atom. The van der Waals surface area contributed by atoms with Crippen molar-refractivity contribution < 1.29 is 13.6 Å². The summed E-state index contributed by atoms with van der Waals surface area (Å²) in [7, 11) is 0. The van der Waals surface area contributed by atoms with Gasteiger partial charge in [0.1, 0.15) is 17.5 Å². The van der Waals surface area contributed by atoms with Crippen molar-refractivity contribution in [2.75, 3.05) is 31.1 Å². The summed E-state index contributed by atoms with van der Waals surface area (Å²) in [5.41, 5.74) is 2.01. The molecule has 33 heavy (non-hydrogen) atoms. The first kappa shape index (κ1) is 20.8. The molecule has 4 aromatic rings. The van der Waals surface area contributed by atoms with Gasteiger partial charge in [0.2, 0.25) is 5.56 Å². The second kappa shape index (κ2) is 8.46. The molecule has 8 heteroatoms. The van der Waals surface area contributed by atoms with Crippen molar-refractivity contribution in [1.82, 2.24) is 14.9 Å². The van der Waals surface area contributed by atoms with Crippen LogP contribution in [0.1, 0.15) is 10.4 Å². The predicted octanol–water partition coefficient (Wildman–Crippen LogP) is 3.83. The molecule has 0 aliphatic carbocycles. The lowest BCUT2D eigenvalue weighted by Crippen LogP contribution is -2.49. The second-order valence-corrected chi connectivity index (χ2v) is 7.97. The average Bonchev–Trinajstić information content (AvgIpc) is 2.83. The summed E-state index contributed by atoms with van der Waals surface area (Å²) < 4.78 is 27.0. The van der Waals surface area contributed by atoms with Gasteiger partial charge < -0.3 is 14.8 Å². The molecule has 5 rings (SSSR count). The topological polar surface area (TPSA) is 69.3 Å². The van der Waals surface area contributed by atoms with Crippen LogP contribution in [0.3, 0.4) is 0 Å². The minimum atomic E-state index is -0.632. The van der Waals surface area contributed by atoms with Crippen molar-refractivity contribution in [3.05, 3.63) is 94.4 Å². The molecule has 1 amide bonds. The standard InChI is InChI=1S/C25H20F2N4O2/c26-20-11-19(12-21(27)14-20)18-3-5-23(28-15-18)30-7-9-31(10-8-30)25(33)17-2-1-16-4-6-24(32)29-22(16)13-17/h1-6,11-15H,7-10H2,(H,29,32). The van der Waals surface area contributed by atoms with Gasteiger partial charge in [0.05, 0.1) is 0 Å². The van der Waals surface area contributed by atoms with E-state index in [0.717, 1.165) is 17.3 Å². The Morgan fingerprint density at radius 1 is 0.848 bits per heavy atom. The fourth-order valence-electron chi connectivity index (χ4n) is 4.07. The molecule has 0 bridgehead atoms. The second-order valence-electron chi connectivity index (χ2n) is 7.97. The van der Waals surface area contributed by atoms with Crippen LogP contribution in [0.4, 0.5) is 14.6 Å². The number of benzene rings is 2. The molecule has 0 radical (unpaired) electrons. The van der Waals surface area contributed by atoms with Crippen LogP contribution in [-0.4, -0.2) is 47.0 Å². The minimum Gasteiger partial charge on any atom is -0.353 e. The molecule has 2 aromatic heterocycles. The van der Waals surface area contributed by atoms with Gasteiger partial charge in [-0.15, -0.1) is 0 Å².